The van der Waals surface area contributed by atoms with Crippen LogP contribution in [0.3, 0.4) is 0 Å². The molecule has 2 aromatic rings. The molecule has 2 atom stereocenters. The number of benzene rings is 2. The fourth-order valence-corrected chi connectivity index (χ4v) is 3.76. The Labute approximate surface area is 193 Å². The Hall–Kier alpha value is -3.68. The second-order valence-corrected chi connectivity index (χ2v) is 7.71. The zero-order valence-electron chi connectivity index (χ0n) is 19.4. The molecule has 0 spiro atoms. The Morgan fingerprint density at radius 1 is 0.727 bits per heavy atom. The van der Waals surface area contributed by atoms with Crippen molar-refractivity contribution >= 4 is 23.8 Å². The number of methoxy groups -OCH3 is 3. The van der Waals surface area contributed by atoms with Crippen LogP contribution < -0.4 is 5.32 Å². The number of ether oxygens (including phenoxy) is 3. The molecule has 0 aliphatic heterocycles. The number of nitrogens with one attached hydrogen (secondary N) is 1. The molecular weight excluding hydrogens is 426 g/mol. The Balaban J connectivity index is 2.52. The first kappa shape index (κ1) is 25.6. The van der Waals surface area contributed by atoms with Crippen molar-refractivity contribution in [2.75, 3.05) is 21.3 Å². The van der Waals surface area contributed by atoms with Crippen molar-refractivity contribution < 1.29 is 33.4 Å². The van der Waals surface area contributed by atoms with E-state index >= 15 is 0 Å². The summed E-state index contributed by atoms with van der Waals surface area (Å²) >= 11 is 0. The standard InChI is InChI=1S/C25H29NO7/c1-16(19(21(27)31-3)22(28)32-4)20(23(29)33-5)26-24(30)25(2,17-12-8-6-9-13-17)18-14-10-7-11-15-18/h6-16,19-20H,1-5H3,(H,26,30)/t16-,20-/m0/s1. The van der Waals surface area contributed by atoms with Crippen LogP contribution in [-0.2, 0) is 38.8 Å². The summed E-state index contributed by atoms with van der Waals surface area (Å²) in [6, 6.07) is 16.9. The van der Waals surface area contributed by atoms with Crippen LogP contribution in [0.4, 0.5) is 0 Å². The first-order chi connectivity index (χ1) is 15.7. The predicted molar refractivity (Wildman–Crippen MR) is 120 cm³/mol. The van der Waals surface area contributed by atoms with Gasteiger partial charge in [-0.05, 0) is 18.1 Å². The summed E-state index contributed by atoms with van der Waals surface area (Å²) in [5.74, 6) is -5.54. The lowest BCUT2D eigenvalue weighted by Gasteiger charge is -2.33. The lowest BCUT2D eigenvalue weighted by atomic mass is 9.75. The molecule has 0 bridgehead atoms. The Kier molecular flexibility index (Phi) is 8.73. The SMILES string of the molecule is COC(=O)C(C(=O)OC)[C@H](C)[C@H](NC(=O)C(C)(c1ccccc1)c1ccccc1)C(=O)OC. The normalized spacial score (nSPS) is 12.9. The molecule has 0 radical (unpaired) electrons. The molecule has 8 nitrogen and oxygen atoms in total. The van der Waals surface area contributed by atoms with Crippen LogP contribution in [0, 0.1) is 11.8 Å². The third-order valence-corrected chi connectivity index (χ3v) is 5.86. The molecule has 33 heavy (non-hydrogen) atoms. The molecule has 8 heteroatoms. The predicted octanol–water partition coefficient (Wildman–Crippen LogP) is 2.25. The van der Waals surface area contributed by atoms with E-state index in [1.807, 2.05) is 60.7 Å². The van der Waals surface area contributed by atoms with Gasteiger partial charge in [-0.2, -0.15) is 0 Å². The molecule has 2 aromatic carbocycles. The number of esters is 3. The van der Waals surface area contributed by atoms with Gasteiger partial charge in [0.15, 0.2) is 5.92 Å². The Bertz CT molecular complexity index is 919. The van der Waals surface area contributed by atoms with Crippen LogP contribution in [-0.4, -0.2) is 51.2 Å². The number of carbonyl (C=O) groups excluding carboxylic acids is 4. The number of amides is 1. The van der Waals surface area contributed by atoms with E-state index in [9.17, 15) is 19.2 Å². The molecule has 0 fully saturated rings. The van der Waals surface area contributed by atoms with Crippen LogP contribution in [0.2, 0.25) is 0 Å². The van der Waals surface area contributed by atoms with Crippen LogP contribution in [0.5, 0.6) is 0 Å². The molecule has 2 rings (SSSR count). The van der Waals surface area contributed by atoms with Gasteiger partial charge in [0.2, 0.25) is 5.91 Å². The third-order valence-electron chi connectivity index (χ3n) is 5.86. The summed E-state index contributed by atoms with van der Waals surface area (Å²) in [6.07, 6.45) is 0. The minimum Gasteiger partial charge on any atom is -0.468 e. The molecule has 0 heterocycles. The van der Waals surface area contributed by atoms with Gasteiger partial charge >= 0.3 is 17.9 Å². The van der Waals surface area contributed by atoms with Crippen LogP contribution >= 0.6 is 0 Å². The molecule has 1 amide bonds. The molecule has 0 saturated heterocycles. The van der Waals surface area contributed by atoms with Gasteiger partial charge in [0.1, 0.15) is 6.04 Å². The van der Waals surface area contributed by atoms with Gasteiger partial charge in [-0.15, -0.1) is 0 Å². The molecular formula is C25H29NO7. The van der Waals surface area contributed by atoms with Crippen LogP contribution in [0.25, 0.3) is 0 Å². The van der Waals surface area contributed by atoms with Crippen LogP contribution in [0.1, 0.15) is 25.0 Å². The number of rotatable bonds is 9. The van der Waals surface area contributed by atoms with Gasteiger partial charge in [0.05, 0.1) is 26.7 Å². The largest absolute Gasteiger partial charge is 0.468 e. The molecule has 0 aliphatic rings. The van der Waals surface area contributed by atoms with Crippen molar-refractivity contribution in [3.8, 4) is 0 Å². The van der Waals surface area contributed by atoms with Crippen molar-refractivity contribution in [2.45, 2.75) is 25.3 Å². The molecule has 176 valence electrons. The fraction of sp³-hybridized carbons (Fsp3) is 0.360. The molecule has 0 aliphatic carbocycles. The average Bonchev–Trinajstić information content (AvgIpc) is 2.86. The van der Waals surface area contributed by atoms with E-state index in [1.54, 1.807) is 6.92 Å². The highest BCUT2D eigenvalue weighted by Crippen LogP contribution is 2.33. The molecule has 0 aromatic heterocycles. The van der Waals surface area contributed by atoms with E-state index < -0.39 is 47.1 Å². The van der Waals surface area contributed by atoms with E-state index in [4.69, 9.17) is 14.2 Å². The van der Waals surface area contributed by atoms with Gasteiger partial charge in [0.25, 0.3) is 0 Å². The molecule has 1 N–H and O–H groups in total. The maximum absolute atomic E-state index is 13.8. The summed E-state index contributed by atoms with van der Waals surface area (Å²) in [6.45, 7) is 3.22. The van der Waals surface area contributed by atoms with E-state index in [1.165, 1.54) is 6.92 Å². The van der Waals surface area contributed by atoms with E-state index in [-0.39, 0.29) is 0 Å². The first-order valence-corrected chi connectivity index (χ1v) is 10.4. The summed E-state index contributed by atoms with van der Waals surface area (Å²) in [7, 11) is 3.41. The van der Waals surface area contributed by atoms with E-state index in [0.717, 1.165) is 21.3 Å². The summed E-state index contributed by atoms with van der Waals surface area (Å²) in [5, 5.41) is 2.71. The first-order valence-electron chi connectivity index (χ1n) is 10.4. The van der Waals surface area contributed by atoms with Gasteiger partial charge in [0, 0.05) is 5.92 Å². The fourth-order valence-electron chi connectivity index (χ4n) is 3.76. The number of hydrogen-bond donors (Lipinski definition) is 1. The summed E-state index contributed by atoms with van der Waals surface area (Å²) < 4.78 is 14.3. The van der Waals surface area contributed by atoms with Crippen LogP contribution in [0.15, 0.2) is 60.7 Å². The summed E-state index contributed by atoms with van der Waals surface area (Å²) in [5.41, 5.74) is 0.213. The minimum absolute atomic E-state index is 0.504. The lowest BCUT2D eigenvalue weighted by molar-refractivity contribution is -0.163. The maximum atomic E-state index is 13.8. The Morgan fingerprint density at radius 2 is 1.12 bits per heavy atom. The summed E-state index contributed by atoms with van der Waals surface area (Å²) in [4.78, 5) is 51.0. The zero-order valence-corrected chi connectivity index (χ0v) is 19.4. The van der Waals surface area contributed by atoms with Crippen molar-refractivity contribution in [3.05, 3.63) is 71.8 Å². The van der Waals surface area contributed by atoms with Gasteiger partial charge in [-0.3, -0.25) is 14.4 Å². The van der Waals surface area contributed by atoms with E-state index in [0.29, 0.717) is 11.1 Å². The Morgan fingerprint density at radius 3 is 1.48 bits per heavy atom. The van der Waals surface area contributed by atoms with E-state index in [2.05, 4.69) is 5.32 Å². The highest BCUT2D eigenvalue weighted by Gasteiger charge is 2.45. The quantitative estimate of drug-likeness (QED) is 0.351. The molecule has 0 unspecified atom stereocenters. The van der Waals surface area contributed by atoms with Gasteiger partial charge in [-0.1, -0.05) is 67.6 Å². The second kappa shape index (κ2) is 11.3. The minimum atomic E-state index is -1.44. The topological polar surface area (TPSA) is 108 Å². The van der Waals surface area contributed by atoms with Crippen molar-refractivity contribution in [1.82, 2.24) is 5.32 Å². The van der Waals surface area contributed by atoms with Crippen molar-refractivity contribution in [2.24, 2.45) is 11.8 Å². The lowest BCUT2D eigenvalue weighted by Crippen LogP contribution is -2.55. The highest BCUT2D eigenvalue weighted by atomic mass is 16.5. The smallest absolute Gasteiger partial charge is 0.328 e. The molecule has 0 saturated carbocycles. The second-order valence-electron chi connectivity index (χ2n) is 7.71. The number of hydrogen-bond acceptors (Lipinski definition) is 7. The van der Waals surface area contributed by atoms with Crippen molar-refractivity contribution in [1.29, 1.82) is 0 Å². The highest BCUT2D eigenvalue weighted by molar-refractivity contribution is 5.98. The van der Waals surface area contributed by atoms with Gasteiger partial charge < -0.3 is 19.5 Å². The van der Waals surface area contributed by atoms with Crippen molar-refractivity contribution in [3.63, 3.8) is 0 Å². The number of carbonyl (C=O) groups is 4. The van der Waals surface area contributed by atoms with Gasteiger partial charge in [-0.25, -0.2) is 4.79 Å². The monoisotopic (exact) mass is 455 g/mol. The third kappa shape index (κ3) is 5.39. The zero-order chi connectivity index (χ0) is 24.6. The maximum Gasteiger partial charge on any atom is 0.328 e. The average molecular weight is 456 g/mol.